The van der Waals surface area contributed by atoms with E-state index in [0.29, 0.717) is 46.9 Å². The van der Waals surface area contributed by atoms with Gasteiger partial charge in [-0.25, -0.2) is 27.6 Å². The predicted octanol–water partition coefficient (Wildman–Crippen LogP) is 5.12. The molecule has 0 saturated heterocycles. The minimum atomic E-state index is -3.31. The van der Waals surface area contributed by atoms with Gasteiger partial charge in [0.05, 0.1) is 29.4 Å². The van der Waals surface area contributed by atoms with Gasteiger partial charge in [-0.05, 0) is 43.0 Å². The molecule has 0 radical (unpaired) electrons. The van der Waals surface area contributed by atoms with Crippen LogP contribution in [0.2, 0.25) is 0 Å². The predicted molar refractivity (Wildman–Crippen MR) is 142 cm³/mol. The number of Topliss-reactive ketones (excluding diaryl/α,β-unsaturated/α-hetero) is 1. The van der Waals surface area contributed by atoms with Gasteiger partial charge < -0.3 is 4.79 Å². The normalized spacial score (nSPS) is 22.7. The Morgan fingerprint density at radius 2 is 1.97 bits per heavy atom. The molecular weight excluding hydrogens is 503 g/mol. The molecule has 7 nitrogen and oxygen atoms in total. The van der Waals surface area contributed by atoms with E-state index in [4.69, 9.17) is 16.5 Å². The molecule has 0 N–H and O–H groups in total. The summed E-state index contributed by atoms with van der Waals surface area (Å²) >= 11 is 0. The molecule has 9 heteroatoms. The van der Waals surface area contributed by atoms with Crippen LogP contribution in [-0.4, -0.2) is 34.9 Å². The summed E-state index contributed by atoms with van der Waals surface area (Å²) in [5.74, 6) is -0.914. The van der Waals surface area contributed by atoms with Gasteiger partial charge in [0.1, 0.15) is 5.82 Å². The van der Waals surface area contributed by atoms with Crippen molar-refractivity contribution in [2.75, 3.05) is 5.75 Å². The van der Waals surface area contributed by atoms with Crippen LogP contribution in [0.5, 0.6) is 0 Å². The maximum Gasteiger partial charge on any atom is 0.226 e. The van der Waals surface area contributed by atoms with Gasteiger partial charge in [-0.3, -0.25) is 4.98 Å². The van der Waals surface area contributed by atoms with E-state index in [9.17, 15) is 13.2 Å². The number of aromatic nitrogens is 3. The molecule has 2 heterocycles. The van der Waals surface area contributed by atoms with Gasteiger partial charge in [-0.1, -0.05) is 39.0 Å². The number of halogens is 1. The maximum atomic E-state index is 15.1. The fourth-order valence-corrected chi connectivity index (χ4v) is 6.59. The lowest BCUT2D eigenvalue weighted by Crippen LogP contribution is -2.46. The Labute approximate surface area is 221 Å². The fourth-order valence-electron chi connectivity index (χ4n) is 5.77. The molecule has 3 atom stereocenters. The zero-order valence-corrected chi connectivity index (χ0v) is 22.2. The SMILES string of the molecule is [C-]#[N+]C1=C[C@@]2(C)c3nc(-c4ccnc(CS(=O)(=O)CC)c4)nc(-c4ccccc4F)c3CC[C@@H]2[C@@H](C)C1=O. The average molecular weight is 531 g/mol. The van der Waals surface area contributed by atoms with Crippen molar-refractivity contribution in [3.8, 4) is 22.6 Å². The van der Waals surface area contributed by atoms with Gasteiger partial charge >= 0.3 is 0 Å². The molecule has 1 aromatic carbocycles. The van der Waals surface area contributed by atoms with E-state index in [-0.39, 0.29) is 34.8 Å². The largest absolute Gasteiger partial charge is 0.308 e. The van der Waals surface area contributed by atoms with Crippen LogP contribution < -0.4 is 0 Å². The zero-order valence-electron chi connectivity index (χ0n) is 21.4. The number of allylic oxidation sites excluding steroid dienone is 2. The van der Waals surface area contributed by atoms with Crippen LogP contribution >= 0.6 is 0 Å². The third kappa shape index (κ3) is 4.33. The molecule has 0 unspecified atom stereocenters. The van der Waals surface area contributed by atoms with Gasteiger partial charge in [-0.2, -0.15) is 0 Å². The van der Waals surface area contributed by atoms with Crippen LogP contribution in [0.1, 0.15) is 44.1 Å². The highest BCUT2D eigenvalue weighted by atomic mass is 32.2. The number of pyridine rings is 1. The minimum Gasteiger partial charge on any atom is -0.308 e. The second kappa shape index (κ2) is 9.52. The van der Waals surface area contributed by atoms with E-state index in [0.717, 1.165) is 5.56 Å². The highest BCUT2D eigenvalue weighted by Gasteiger charge is 2.49. The number of rotatable bonds is 5. The van der Waals surface area contributed by atoms with Crippen molar-refractivity contribution in [3.63, 3.8) is 0 Å². The third-order valence-electron chi connectivity index (χ3n) is 7.83. The summed E-state index contributed by atoms with van der Waals surface area (Å²) in [7, 11) is -3.31. The van der Waals surface area contributed by atoms with Crippen LogP contribution in [0.15, 0.2) is 54.4 Å². The number of hydrogen-bond acceptors (Lipinski definition) is 6. The standard InChI is InChI=1S/C29H27FN4O3S/c1-5-38(36,37)16-19-14-18(12-13-32-19)28-33-25(20-8-6-7-9-23(20)30)21-10-11-22-17(2)26(35)24(31-4)15-29(22,3)27(21)34-28/h6-9,12-15,17,22H,5,10-11,16H2,1-3H3/t17-,22-,29-/m1/s1. The highest BCUT2D eigenvalue weighted by molar-refractivity contribution is 7.90. The Morgan fingerprint density at radius 3 is 2.68 bits per heavy atom. The van der Waals surface area contributed by atoms with Crippen molar-refractivity contribution in [2.24, 2.45) is 11.8 Å². The summed E-state index contributed by atoms with van der Waals surface area (Å²) < 4.78 is 39.6. The number of carbonyl (C=O) groups is 1. The Hall–Kier alpha value is -3.77. The summed E-state index contributed by atoms with van der Waals surface area (Å²) in [6.07, 6.45) is 4.48. The highest BCUT2D eigenvalue weighted by Crippen LogP contribution is 2.51. The van der Waals surface area contributed by atoms with E-state index in [1.54, 1.807) is 43.3 Å². The second-order valence-corrected chi connectivity index (χ2v) is 12.5. The molecule has 2 aliphatic carbocycles. The molecule has 0 saturated carbocycles. The summed E-state index contributed by atoms with van der Waals surface area (Å²) in [6.45, 7) is 13.0. The number of benzene rings is 1. The first-order valence-corrected chi connectivity index (χ1v) is 14.4. The Balaban J connectivity index is 1.77. The topological polar surface area (TPSA) is 94.2 Å². The smallest absolute Gasteiger partial charge is 0.226 e. The Bertz CT molecular complexity index is 1640. The second-order valence-electron chi connectivity index (χ2n) is 10.1. The van der Waals surface area contributed by atoms with Crippen molar-refractivity contribution in [1.82, 2.24) is 15.0 Å². The van der Waals surface area contributed by atoms with Crippen LogP contribution in [0.3, 0.4) is 0 Å². The van der Waals surface area contributed by atoms with Crippen molar-refractivity contribution >= 4 is 15.6 Å². The molecule has 38 heavy (non-hydrogen) atoms. The van der Waals surface area contributed by atoms with Crippen molar-refractivity contribution < 1.29 is 17.6 Å². The van der Waals surface area contributed by atoms with Crippen LogP contribution in [0, 0.1) is 24.2 Å². The molecule has 194 valence electrons. The van der Waals surface area contributed by atoms with Crippen LogP contribution in [0.25, 0.3) is 27.5 Å². The number of fused-ring (bicyclic) bond motifs is 3. The first-order valence-electron chi connectivity index (χ1n) is 12.5. The quantitative estimate of drug-likeness (QED) is 0.425. The molecule has 0 amide bonds. The molecule has 2 aromatic heterocycles. The molecular formula is C29H27FN4O3S. The molecule has 5 rings (SSSR count). The minimum absolute atomic E-state index is 0.00193. The van der Waals surface area contributed by atoms with Gasteiger partial charge in [0.15, 0.2) is 21.4 Å². The monoisotopic (exact) mass is 530 g/mol. The van der Waals surface area contributed by atoms with Crippen LogP contribution in [-0.2, 0) is 32.2 Å². The molecule has 3 aromatic rings. The van der Waals surface area contributed by atoms with Crippen molar-refractivity contribution in [3.05, 3.63) is 88.6 Å². The summed E-state index contributed by atoms with van der Waals surface area (Å²) in [6, 6.07) is 9.78. The van der Waals surface area contributed by atoms with Gasteiger partial charge in [-0.15, -0.1) is 0 Å². The number of sulfone groups is 1. The molecule has 0 spiro atoms. The number of nitrogens with zero attached hydrogens (tertiary/aromatic N) is 4. The first kappa shape index (κ1) is 25.9. The van der Waals surface area contributed by atoms with E-state index >= 15 is 4.39 Å². The lowest BCUT2D eigenvalue weighted by molar-refractivity contribution is -0.121. The molecule has 0 bridgehead atoms. The Morgan fingerprint density at radius 1 is 1.21 bits per heavy atom. The average Bonchev–Trinajstić information content (AvgIpc) is 2.90. The van der Waals surface area contributed by atoms with Crippen LogP contribution in [0.4, 0.5) is 4.39 Å². The van der Waals surface area contributed by atoms with Gasteiger partial charge in [0.2, 0.25) is 5.70 Å². The molecule has 2 aliphatic rings. The maximum absolute atomic E-state index is 15.1. The fraction of sp³-hybridized carbons (Fsp3) is 0.345. The van der Waals surface area contributed by atoms with E-state index in [2.05, 4.69) is 9.83 Å². The molecule has 0 fully saturated rings. The van der Waals surface area contributed by atoms with E-state index in [1.807, 2.05) is 13.8 Å². The van der Waals surface area contributed by atoms with E-state index < -0.39 is 21.1 Å². The van der Waals surface area contributed by atoms with Crippen molar-refractivity contribution in [1.29, 1.82) is 0 Å². The lowest BCUT2D eigenvalue weighted by Gasteiger charge is -2.46. The van der Waals surface area contributed by atoms with E-state index in [1.165, 1.54) is 12.3 Å². The molecule has 0 aliphatic heterocycles. The first-order chi connectivity index (χ1) is 18.1. The summed E-state index contributed by atoms with van der Waals surface area (Å²) in [4.78, 5) is 30.4. The summed E-state index contributed by atoms with van der Waals surface area (Å²) in [5.41, 5.74) is 2.54. The van der Waals surface area contributed by atoms with Gasteiger partial charge in [0.25, 0.3) is 0 Å². The van der Waals surface area contributed by atoms with Crippen molar-refractivity contribution in [2.45, 2.75) is 44.8 Å². The number of hydrogen-bond donors (Lipinski definition) is 0. The lowest BCUT2D eigenvalue weighted by atomic mass is 9.58. The zero-order chi connectivity index (χ0) is 27.2. The summed E-state index contributed by atoms with van der Waals surface area (Å²) in [5, 5.41) is 0. The Kier molecular flexibility index (Phi) is 6.48. The van der Waals surface area contributed by atoms with Gasteiger partial charge in [0, 0.05) is 40.0 Å². The third-order valence-corrected chi connectivity index (χ3v) is 9.45. The number of carbonyl (C=O) groups excluding carboxylic acids is 1. The number of ketones is 1.